The maximum atomic E-state index is 11.4. The molecule has 0 aromatic heterocycles. The van der Waals surface area contributed by atoms with E-state index in [1.807, 2.05) is 31.2 Å². The van der Waals surface area contributed by atoms with E-state index >= 15 is 0 Å². The molecule has 3 aromatic rings. The van der Waals surface area contributed by atoms with Gasteiger partial charge in [0.15, 0.2) is 6.29 Å². The predicted octanol–water partition coefficient (Wildman–Crippen LogP) is 4.59. The van der Waals surface area contributed by atoms with Gasteiger partial charge in [0.2, 0.25) is 0 Å². The molecule has 0 bridgehead atoms. The number of benzene rings is 3. The molecule has 168 valence electrons. The average molecular weight is 437 g/mol. The molecule has 0 saturated carbocycles. The van der Waals surface area contributed by atoms with Crippen LogP contribution in [0.4, 0.5) is 0 Å². The van der Waals surface area contributed by atoms with Crippen molar-refractivity contribution < 1.29 is 29.2 Å². The van der Waals surface area contributed by atoms with Crippen molar-refractivity contribution in [2.45, 2.75) is 27.1 Å². The van der Waals surface area contributed by atoms with Gasteiger partial charge in [0.05, 0.1) is 32.5 Å². The highest BCUT2D eigenvalue weighted by atomic mass is 16.5. The average Bonchev–Trinajstić information content (AvgIpc) is 2.79. The van der Waals surface area contributed by atoms with Crippen LogP contribution in [0.3, 0.4) is 0 Å². The molecule has 0 atom stereocenters. The summed E-state index contributed by atoms with van der Waals surface area (Å²) < 4.78 is 16.5. The molecule has 0 amide bonds. The third-order valence-corrected chi connectivity index (χ3v) is 5.52. The van der Waals surface area contributed by atoms with Crippen LogP contribution in [0.15, 0.2) is 48.5 Å². The first-order chi connectivity index (χ1) is 15.5. The third kappa shape index (κ3) is 5.10. The number of aldehydes is 1. The standard InChI is InChI=1S/C26H28O6/c1-17-19(14-27)6-4-8-22(17)23-9-5-7-20(18(23)2)16-31-10-11-32-26-13-21(29)12-25(30-3)24(26)15-28/h4-9,12-13,15,27,29H,10-11,14,16H2,1-3H3. The number of carbonyl (C=O) groups excluding carboxylic acids is 1. The Bertz CT molecular complexity index is 1090. The van der Waals surface area contributed by atoms with Gasteiger partial charge in [-0.1, -0.05) is 36.4 Å². The Morgan fingerprint density at radius 3 is 2.16 bits per heavy atom. The molecule has 2 N–H and O–H groups in total. The summed E-state index contributed by atoms with van der Waals surface area (Å²) >= 11 is 0. The number of carbonyl (C=O) groups is 1. The molecule has 3 rings (SSSR count). The summed E-state index contributed by atoms with van der Waals surface area (Å²) in [4.78, 5) is 11.4. The minimum absolute atomic E-state index is 0.0123. The lowest BCUT2D eigenvalue weighted by atomic mass is 9.92. The summed E-state index contributed by atoms with van der Waals surface area (Å²) in [6.45, 7) is 5.02. The number of hydrogen-bond acceptors (Lipinski definition) is 6. The summed E-state index contributed by atoms with van der Waals surface area (Å²) in [6.07, 6.45) is 0.636. The Kier molecular flexibility index (Phi) is 7.87. The van der Waals surface area contributed by atoms with E-state index in [-0.39, 0.29) is 36.0 Å². The Morgan fingerprint density at radius 1 is 0.906 bits per heavy atom. The van der Waals surface area contributed by atoms with E-state index in [1.165, 1.54) is 19.2 Å². The lowest BCUT2D eigenvalue weighted by molar-refractivity contribution is 0.0877. The van der Waals surface area contributed by atoms with Gasteiger partial charge in [-0.25, -0.2) is 0 Å². The second-order valence-corrected chi connectivity index (χ2v) is 7.42. The highest BCUT2D eigenvalue weighted by molar-refractivity contribution is 5.84. The number of aromatic hydroxyl groups is 1. The zero-order valence-electron chi connectivity index (χ0n) is 18.6. The van der Waals surface area contributed by atoms with Gasteiger partial charge in [-0.15, -0.1) is 0 Å². The van der Waals surface area contributed by atoms with Gasteiger partial charge in [0.25, 0.3) is 0 Å². The van der Waals surface area contributed by atoms with Gasteiger partial charge in [0.1, 0.15) is 23.9 Å². The largest absolute Gasteiger partial charge is 0.508 e. The molecule has 0 unspecified atom stereocenters. The van der Waals surface area contributed by atoms with Gasteiger partial charge in [0, 0.05) is 12.1 Å². The maximum Gasteiger partial charge on any atom is 0.157 e. The highest BCUT2D eigenvalue weighted by Crippen LogP contribution is 2.32. The van der Waals surface area contributed by atoms with Crippen molar-refractivity contribution in [2.24, 2.45) is 0 Å². The van der Waals surface area contributed by atoms with Crippen LogP contribution < -0.4 is 9.47 Å². The summed E-state index contributed by atoms with van der Waals surface area (Å²) in [7, 11) is 1.42. The second-order valence-electron chi connectivity index (χ2n) is 7.42. The molecule has 3 aromatic carbocycles. The Morgan fingerprint density at radius 2 is 1.53 bits per heavy atom. The van der Waals surface area contributed by atoms with Crippen LogP contribution in [0, 0.1) is 13.8 Å². The number of rotatable bonds is 10. The lowest BCUT2D eigenvalue weighted by Gasteiger charge is -2.16. The number of phenols is 1. The van der Waals surface area contributed by atoms with Crippen LogP contribution in [-0.4, -0.2) is 36.8 Å². The molecule has 0 heterocycles. The van der Waals surface area contributed by atoms with Gasteiger partial charge in [-0.05, 0) is 47.2 Å². The monoisotopic (exact) mass is 436 g/mol. The molecule has 0 fully saturated rings. The molecule has 6 heteroatoms. The first-order valence-corrected chi connectivity index (χ1v) is 10.3. The highest BCUT2D eigenvalue weighted by Gasteiger charge is 2.13. The number of aliphatic hydroxyl groups excluding tert-OH is 1. The Labute approximate surface area is 188 Å². The zero-order chi connectivity index (χ0) is 23.1. The normalized spacial score (nSPS) is 10.8. The fraction of sp³-hybridized carbons (Fsp3) is 0.269. The summed E-state index contributed by atoms with van der Waals surface area (Å²) in [6, 6.07) is 14.8. The van der Waals surface area contributed by atoms with Crippen LogP contribution in [0.5, 0.6) is 17.2 Å². The maximum absolute atomic E-state index is 11.4. The lowest BCUT2D eigenvalue weighted by Crippen LogP contribution is -2.09. The van der Waals surface area contributed by atoms with Crippen molar-refractivity contribution in [3.05, 3.63) is 76.3 Å². The Hall–Kier alpha value is -3.35. The molecule has 0 aliphatic carbocycles. The molecular formula is C26H28O6. The van der Waals surface area contributed by atoms with Crippen molar-refractivity contribution in [3.8, 4) is 28.4 Å². The number of hydrogen-bond donors (Lipinski definition) is 2. The van der Waals surface area contributed by atoms with E-state index < -0.39 is 0 Å². The first kappa shape index (κ1) is 23.3. The molecule has 0 radical (unpaired) electrons. The van der Waals surface area contributed by atoms with Crippen LogP contribution in [0.25, 0.3) is 11.1 Å². The minimum Gasteiger partial charge on any atom is -0.508 e. The van der Waals surface area contributed by atoms with Crippen molar-refractivity contribution >= 4 is 6.29 Å². The molecule has 6 nitrogen and oxygen atoms in total. The van der Waals surface area contributed by atoms with E-state index in [0.29, 0.717) is 19.5 Å². The number of methoxy groups -OCH3 is 1. The van der Waals surface area contributed by atoms with Gasteiger partial charge in [-0.2, -0.15) is 0 Å². The predicted molar refractivity (Wildman–Crippen MR) is 122 cm³/mol. The molecule has 0 spiro atoms. The third-order valence-electron chi connectivity index (χ3n) is 5.52. The summed E-state index contributed by atoms with van der Waals surface area (Å²) in [5, 5.41) is 19.3. The van der Waals surface area contributed by atoms with Crippen molar-refractivity contribution in [3.63, 3.8) is 0 Å². The molecular weight excluding hydrogens is 408 g/mol. The van der Waals surface area contributed by atoms with E-state index in [4.69, 9.17) is 14.2 Å². The van der Waals surface area contributed by atoms with Crippen LogP contribution in [-0.2, 0) is 18.0 Å². The quantitative estimate of drug-likeness (QED) is 0.357. The van der Waals surface area contributed by atoms with E-state index in [2.05, 4.69) is 19.1 Å². The van der Waals surface area contributed by atoms with E-state index in [9.17, 15) is 15.0 Å². The fourth-order valence-corrected chi connectivity index (χ4v) is 3.66. The number of phenolic OH excluding ortho intramolecular Hbond substituents is 1. The van der Waals surface area contributed by atoms with Crippen molar-refractivity contribution in [1.29, 1.82) is 0 Å². The SMILES string of the molecule is COc1cc(O)cc(OCCOCc2cccc(-c3cccc(CO)c3C)c2C)c1C=O. The smallest absolute Gasteiger partial charge is 0.157 e. The van der Waals surface area contributed by atoms with Gasteiger partial charge < -0.3 is 24.4 Å². The Balaban J connectivity index is 1.64. The first-order valence-electron chi connectivity index (χ1n) is 10.3. The molecule has 0 aliphatic rings. The molecule has 0 aliphatic heterocycles. The number of aliphatic hydroxyl groups is 1. The van der Waals surface area contributed by atoms with Crippen LogP contribution in [0.1, 0.15) is 32.6 Å². The van der Waals surface area contributed by atoms with Gasteiger partial charge in [-0.3, -0.25) is 4.79 Å². The van der Waals surface area contributed by atoms with Crippen molar-refractivity contribution in [2.75, 3.05) is 20.3 Å². The summed E-state index contributed by atoms with van der Waals surface area (Å²) in [5.74, 6) is 0.457. The van der Waals surface area contributed by atoms with Gasteiger partial charge >= 0.3 is 0 Å². The topological polar surface area (TPSA) is 85.2 Å². The fourth-order valence-electron chi connectivity index (χ4n) is 3.66. The molecule has 0 saturated heterocycles. The summed E-state index contributed by atoms with van der Waals surface area (Å²) in [5.41, 5.74) is 6.61. The van der Waals surface area contributed by atoms with Crippen LogP contribution >= 0.6 is 0 Å². The van der Waals surface area contributed by atoms with E-state index in [1.54, 1.807) is 0 Å². The van der Waals surface area contributed by atoms with Crippen molar-refractivity contribution in [1.82, 2.24) is 0 Å². The zero-order valence-corrected chi connectivity index (χ0v) is 18.6. The van der Waals surface area contributed by atoms with Crippen LogP contribution in [0.2, 0.25) is 0 Å². The minimum atomic E-state index is -0.0450. The second kappa shape index (κ2) is 10.8. The molecule has 32 heavy (non-hydrogen) atoms. The number of ether oxygens (including phenoxy) is 3. The van der Waals surface area contributed by atoms with E-state index in [0.717, 1.165) is 33.4 Å².